The maximum atomic E-state index is 6.97. The van der Waals surface area contributed by atoms with E-state index in [-0.39, 0.29) is 11.5 Å². The number of anilines is 2. The fraction of sp³-hybridized carbons (Fsp3) is 0.537. The zero-order valence-corrected chi connectivity index (χ0v) is 30.0. The van der Waals surface area contributed by atoms with Crippen LogP contribution in [0, 0.1) is 17.8 Å². The Bertz CT molecular complexity index is 1510. The molecule has 1 aliphatic carbocycles. The molecule has 6 heteroatoms. The Kier molecular flexibility index (Phi) is 11.1. The van der Waals surface area contributed by atoms with E-state index in [4.69, 9.17) is 15.1 Å². The molecular weight excluding hydrogens is 597 g/mol. The Balaban J connectivity index is 1.19. The van der Waals surface area contributed by atoms with Crippen molar-refractivity contribution in [1.29, 1.82) is 0 Å². The van der Waals surface area contributed by atoms with Gasteiger partial charge in [0.1, 0.15) is 5.69 Å². The molecule has 0 bridgehead atoms. The fourth-order valence-corrected chi connectivity index (χ4v) is 9.50. The highest BCUT2D eigenvalue weighted by atomic mass is 32.1. The van der Waals surface area contributed by atoms with Crippen LogP contribution in [0.4, 0.5) is 11.6 Å². The molecule has 1 atom stereocenters. The van der Waals surface area contributed by atoms with Crippen molar-refractivity contribution in [2.45, 2.75) is 96.9 Å². The second-order valence-electron chi connectivity index (χ2n) is 14.7. The third-order valence-electron chi connectivity index (χ3n) is 11.4. The van der Waals surface area contributed by atoms with Gasteiger partial charge in [0.15, 0.2) is 0 Å². The van der Waals surface area contributed by atoms with Crippen LogP contribution in [0.1, 0.15) is 106 Å². The van der Waals surface area contributed by atoms with Crippen LogP contribution in [0.15, 0.2) is 76.5 Å². The lowest BCUT2D eigenvalue weighted by molar-refractivity contribution is 0.124. The van der Waals surface area contributed by atoms with Gasteiger partial charge in [-0.1, -0.05) is 101 Å². The molecule has 47 heavy (non-hydrogen) atoms. The first-order chi connectivity index (χ1) is 22.9. The van der Waals surface area contributed by atoms with Gasteiger partial charge in [-0.2, -0.15) is 0 Å². The normalized spacial score (nSPS) is 20.1. The molecule has 6 rings (SSSR count). The van der Waals surface area contributed by atoms with Crippen molar-refractivity contribution in [2.75, 3.05) is 36.8 Å². The Morgan fingerprint density at radius 1 is 0.872 bits per heavy atom. The average Bonchev–Trinajstić information content (AvgIpc) is 3.73. The summed E-state index contributed by atoms with van der Waals surface area (Å²) >= 11 is 1.83. The molecule has 2 aromatic heterocycles. The van der Waals surface area contributed by atoms with E-state index >= 15 is 0 Å². The van der Waals surface area contributed by atoms with Gasteiger partial charge in [-0.3, -0.25) is 4.90 Å². The van der Waals surface area contributed by atoms with Crippen molar-refractivity contribution >= 4 is 22.9 Å². The number of hydrogen-bond acceptors (Lipinski definition) is 6. The summed E-state index contributed by atoms with van der Waals surface area (Å²) in [7, 11) is 0. The monoisotopic (exact) mass is 652 g/mol. The molecule has 1 aliphatic heterocycles. The van der Waals surface area contributed by atoms with Crippen molar-refractivity contribution in [3.8, 4) is 0 Å². The first-order valence-electron chi connectivity index (χ1n) is 18.3. The Labute approximate surface area is 287 Å². The summed E-state index contributed by atoms with van der Waals surface area (Å²) in [6, 6.07) is 24.1. The van der Waals surface area contributed by atoms with Gasteiger partial charge in [0.05, 0.1) is 6.04 Å². The van der Waals surface area contributed by atoms with Gasteiger partial charge in [-0.25, -0.2) is 4.98 Å². The number of thiophene rings is 1. The lowest BCUT2D eigenvalue weighted by Crippen LogP contribution is -2.35. The third kappa shape index (κ3) is 7.97. The summed E-state index contributed by atoms with van der Waals surface area (Å²) in [5, 5.41) is 2.15. The topological polar surface area (TPSA) is 58.5 Å². The van der Waals surface area contributed by atoms with Crippen LogP contribution in [0.3, 0.4) is 0 Å². The predicted molar refractivity (Wildman–Crippen MR) is 198 cm³/mol. The zero-order valence-electron chi connectivity index (χ0n) is 29.2. The molecule has 1 saturated carbocycles. The molecule has 4 aromatic rings. The number of nitrogens with zero attached hydrogens (tertiary/aromatic N) is 3. The smallest absolute Gasteiger partial charge is 0.219 e. The van der Waals surface area contributed by atoms with E-state index in [0.29, 0.717) is 17.8 Å². The SMILES string of the molecule is CCN(CC)C(CC1CCC(C(C)(C)c2sccc2N)CC1)c1nc(Cc2ccccc2)c(N2CCC(Cc3ccccc3)CC2)o1. The fourth-order valence-electron chi connectivity index (χ4n) is 8.48. The number of oxazole rings is 1. The molecule has 5 nitrogen and oxygen atoms in total. The van der Waals surface area contributed by atoms with E-state index in [1.807, 2.05) is 11.3 Å². The lowest BCUT2D eigenvalue weighted by Gasteiger charge is -2.40. The summed E-state index contributed by atoms with van der Waals surface area (Å²) in [4.78, 5) is 11.8. The highest BCUT2D eigenvalue weighted by Gasteiger charge is 2.38. The van der Waals surface area contributed by atoms with Gasteiger partial charge >= 0.3 is 0 Å². The molecular formula is C41H56N4OS. The third-order valence-corrected chi connectivity index (χ3v) is 12.7. The van der Waals surface area contributed by atoms with Crippen molar-refractivity contribution in [3.63, 3.8) is 0 Å². The van der Waals surface area contributed by atoms with E-state index < -0.39 is 0 Å². The van der Waals surface area contributed by atoms with E-state index in [1.54, 1.807) is 0 Å². The average molecular weight is 653 g/mol. The molecule has 2 fully saturated rings. The summed E-state index contributed by atoms with van der Waals surface area (Å²) in [6.45, 7) is 13.4. The van der Waals surface area contributed by atoms with Gasteiger partial charge < -0.3 is 15.1 Å². The first-order valence-corrected chi connectivity index (χ1v) is 19.1. The quantitative estimate of drug-likeness (QED) is 0.156. The molecule has 252 valence electrons. The molecule has 2 N–H and O–H groups in total. The van der Waals surface area contributed by atoms with E-state index in [9.17, 15) is 0 Å². The highest BCUT2D eigenvalue weighted by molar-refractivity contribution is 7.10. The molecule has 0 radical (unpaired) electrons. The van der Waals surface area contributed by atoms with Crippen LogP contribution >= 0.6 is 11.3 Å². The van der Waals surface area contributed by atoms with Crippen LogP contribution in [-0.4, -0.2) is 36.1 Å². The van der Waals surface area contributed by atoms with Crippen LogP contribution < -0.4 is 10.6 Å². The number of nitrogens with two attached hydrogens (primary N) is 1. The summed E-state index contributed by atoms with van der Waals surface area (Å²) in [5.41, 5.74) is 11.3. The Morgan fingerprint density at radius 2 is 1.51 bits per heavy atom. The van der Waals surface area contributed by atoms with Gasteiger partial charge in [0, 0.05) is 35.5 Å². The van der Waals surface area contributed by atoms with Crippen molar-refractivity contribution in [1.82, 2.24) is 9.88 Å². The summed E-state index contributed by atoms with van der Waals surface area (Å²) in [6.07, 6.45) is 10.5. The van der Waals surface area contributed by atoms with E-state index in [1.165, 1.54) is 54.5 Å². The minimum absolute atomic E-state index is 0.125. The first kappa shape index (κ1) is 33.8. The number of rotatable bonds is 13. The zero-order chi connectivity index (χ0) is 32.8. The summed E-state index contributed by atoms with van der Waals surface area (Å²) < 4.78 is 6.97. The molecule has 2 aliphatic rings. The number of nitrogen functional groups attached to an aromatic ring is 1. The number of hydrogen-bond donors (Lipinski definition) is 1. The molecule has 1 saturated heterocycles. The largest absolute Gasteiger partial charge is 0.423 e. The maximum Gasteiger partial charge on any atom is 0.219 e. The number of benzene rings is 2. The van der Waals surface area contributed by atoms with Crippen LogP contribution in [0.5, 0.6) is 0 Å². The Hall–Kier alpha value is -3.09. The van der Waals surface area contributed by atoms with Gasteiger partial charge in [-0.15, -0.1) is 11.3 Å². The standard InChI is InChI=1S/C41H56N4OS/c1-5-44(6-2)37(29-32-17-19-34(20-18-32)41(3,4)38-35(42)23-26-47-38)39-43-36(28-31-15-11-8-12-16-31)40(46-39)45-24-21-33(22-25-45)27-30-13-9-7-10-14-30/h7-16,23,26,32-34,37H,5-6,17-22,24-25,27-29,42H2,1-4H3. The molecule has 1 unspecified atom stereocenters. The van der Waals surface area contributed by atoms with E-state index in [0.717, 1.165) is 68.6 Å². The van der Waals surface area contributed by atoms with Crippen molar-refractivity contribution < 1.29 is 4.42 Å². The van der Waals surface area contributed by atoms with Crippen molar-refractivity contribution in [2.24, 2.45) is 17.8 Å². The van der Waals surface area contributed by atoms with Crippen LogP contribution in [0.25, 0.3) is 0 Å². The van der Waals surface area contributed by atoms with Gasteiger partial charge in [0.2, 0.25) is 11.8 Å². The van der Waals surface area contributed by atoms with Gasteiger partial charge in [0.25, 0.3) is 0 Å². The van der Waals surface area contributed by atoms with E-state index in [2.05, 4.69) is 110 Å². The molecule has 0 spiro atoms. The molecule has 3 heterocycles. The minimum atomic E-state index is 0.125. The second kappa shape index (κ2) is 15.4. The maximum absolute atomic E-state index is 6.97. The van der Waals surface area contributed by atoms with Crippen LogP contribution in [-0.2, 0) is 18.3 Å². The van der Waals surface area contributed by atoms with Crippen LogP contribution in [0.2, 0.25) is 0 Å². The highest BCUT2D eigenvalue weighted by Crippen LogP contribution is 2.47. The predicted octanol–water partition coefficient (Wildman–Crippen LogP) is 9.93. The minimum Gasteiger partial charge on any atom is -0.423 e. The lowest BCUT2D eigenvalue weighted by atomic mass is 9.67. The van der Waals surface area contributed by atoms with Gasteiger partial charge in [-0.05, 0) is 91.9 Å². The molecule has 2 aromatic carbocycles. The second-order valence-corrected chi connectivity index (χ2v) is 15.6. The number of aromatic nitrogens is 1. The Morgan fingerprint density at radius 3 is 2.11 bits per heavy atom. The summed E-state index contributed by atoms with van der Waals surface area (Å²) in [5.74, 6) is 4.00. The molecule has 0 amide bonds. The number of piperidine rings is 1. The van der Waals surface area contributed by atoms with Crippen molar-refractivity contribution in [3.05, 3.63) is 99.7 Å².